The van der Waals surface area contributed by atoms with Gasteiger partial charge in [0.2, 0.25) is 5.88 Å². The summed E-state index contributed by atoms with van der Waals surface area (Å²) in [6.07, 6.45) is 2.19. The summed E-state index contributed by atoms with van der Waals surface area (Å²) in [6.45, 7) is 1.96. The molecular formula is C14H14N2O2. The molecule has 0 aliphatic heterocycles. The normalized spacial score (nSPS) is 14.5. The topological polar surface area (TPSA) is 55.0 Å². The third-order valence-corrected chi connectivity index (χ3v) is 3.01. The van der Waals surface area contributed by atoms with Gasteiger partial charge in [-0.1, -0.05) is 18.2 Å². The van der Waals surface area contributed by atoms with Gasteiger partial charge < -0.3 is 9.72 Å². The van der Waals surface area contributed by atoms with Crippen LogP contribution in [-0.2, 0) is 0 Å². The highest BCUT2D eigenvalue weighted by Crippen LogP contribution is 2.38. The van der Waals surface area contributed by atoms with Gasteiger partial charge in [-0.3, -0.25) is 4.79 Å². The maximum atomic E-state index is 11.5. The average Bonchev–Trinajstić information content (AvgIpc) is 3.15. The van der Waals surface area contributed by atoms with E-state index in [1.807, 2.05) is 31.2 Å². The molecule has 0 spiro atoms. The van der Waals surface area contributed by atoms with Gasteiger partial charge in [-0.05, 0) is 31.4 Å². The molecule has 1 fully saturated rings. The molecule has 0 atom stereocenters. The van der Waals surface area contributed by atoms with Gasteiger partial charge >= 0.3 is 0 Å². The molecule has 0 radical (unpaired) electrons. The quantitative estimate of drug-likeness (QED) is 0.900. The van der Waals surface area contributed by atoms with Gasteiger partial charge in [0.15, 0.2) is 0 Å². The molecule has 0 saturated heterocycles. The number of ether oxygens (including phenoxy) is 1. The van der Waals surface area contributed by atoms with Crippen LogP contribution in [0.1, 0.15) is 30.1 Å². The molecule has 18 heavy (non-hydrogen) atoms. The van der Waals surface area contributed by atoms with Crippen LogP contribution in [-0.4, -0.2) is 9.97 Å². The molecule has 4 nitrogen and oxygen atoms in total. The first-order valence-electron chi connectivity index (χ1n) is 6.07. The van der Waals surface area contributed by atoms with Crippen molar-refractivity contribution in [2.24, 2.45) is 0 Å². The first-order valence-corrected chi connectivity index (χ1v) is 6.07. The van der Waals surface area contributed by atoms with E-state index in [1.165, 1.54) is 6.07 Å². The van der Waals surface area contributed by atoms with Crippen molar-refractivity contribution in [3.05, 3.63) is 52.1 Å². The SMILES string of the molecule is Cc1ccccc1Oc1cc(=O)[nH]c(C2CC2)n1. The van der Waals surface area contributed by atoms with E-state index >= 15 is 0 Å². The molecule has 1 aliphatic rings. The van der Waals surface area contributed by atoms with Crippen LogP contribution in [0.2, 0.25) is 0 Å². The van der Waals surface area contributed by atoms with Gasteiger partial charge in [0.25, 0.3) is 5.56 Å². The Morgan fingerprint density at radius 2 is 2.11 bits per heavy atom. The lowest BCUT2D eigenvalue weighted by atomic mass is 10.2. The van der Waals surface area contributed by atoms with E-state index in [1.54, 1.807) is 0 Å². The molecule has 0 amide bonds. The molecular weight excluding hydrogens is 228 g/mol. The van der Waals surface area contributed by atoms with Gasteiger partial charge in [-0.15, -0.1) is 0 Å². The van der Waals surface area contributed by atoms with Gasteiger partial charge in [-0.25, -0.2) is 0 Å². The number of nitrogens with zero attached hydrogens (tertiary/aromatic N) is 1. The van der Waals surface area contributed by atoms with E-state index in [0.717, 1.165) is 30.0 Å². The number of benzene rings is 1. The molecule has 1 aliphatic carbocycles. The average molecular weight is 242 g/mol. The Kier molecular flexibility index (Phi) is 2.63. The predicted molar refractivity (Wildman–Crippen MR) is 68.1 cm³/mol. The van der Waals surface area contributed by atoms with Crippen LogP contribution in [0, 0.1) is 6.92 Å². The summed E-state index contributed by atoms with van der Waals surface area (Å²) in [6, 6.07) is 9.07. The molecule has 2 aromatic rings. The second kappa shape index (κ2) is 4.29. The fourth-order valence-electron chi connectivity index (χ4n) is 1.84. The van der Waals surface area contributed by atoms with Gasteiger partial charge in [0.1, 0.15) is 11.6 Å². The standard InChI is InChI=1S/C14H14N2O2/c1-9-4-2-3-5-11(9)18-13-8-12(17)15-14(16-13)10-6-7-10/h2-5,8,10H,6-7H2,1H3,(H,15,16,17). The van der Waals surface area contributed by atoms with E-state index < -0.39 is 0 Å². The number of hydrogen-bond donors (Lipinski definition) is 1. The van der Waals surface area contributed by atoms with Gasteiger partial charge in [0.05, 0.1) is 6.07 Å². The zero-order valence-corrected chi connectivity index (χ0v) is 10.1. The first kappa shape index (κ1) is 11.0. The van der Waals surface area contributed by atoms with E-state index in [4.69, 9.17) is 4.74 Å². The van der Waals surface area contributed by atoms with E-state index in [-0.39, 0.29) is 5.56 Å². The Hall–Kier alpha value is -2.10. The molecule has 0 unspecified atom stereocenters. The van der Waals surface area contributed by atoms with Crippen LogP contribution in [0.4, 0.5) is 0 Å². The van der Waals surface area contributed by atoms with Crippen LogP contribution >= 0.6 is 0 Å². The van der Waals surface area contributed by atoms with E-state index in [2.05, 4.69) is 9.97 Å². The summed E-state index contributed by atoms with van der Waals surface area (Å²) in [5, 5.41) is 0. The molecule has 1 heterocycles. The largest absolute Gasteiger partial charge is 0.438 e. The van der Waals surface area contributed by atoms with Crippen molar-refractivity contribution in [3.8, 4) is 11.6 Å². The number of nitrogens with one attached hydrogen (secondary N) is 1. The summed E-state index contributed by atoms with van der Waals surface area (Å²) < 4.78 is 5.68. The van der Waals surface area contributed by atoms with Crippen molar-refractivity contribution in [1.82, 2.24) is 9.97 Å². The fourth-order valence-corrected chi connectivity index (χ4v) is 1.84. The highest BCUT2D eigenvalue weighted by molar-refractivity contribution is 5.34. The van der Waals surface area contributed by atoms with Crippen molar-refractivity contribution in [2.45, 2.75) is 25.7 Å². The third-order valence-electron chi connectivity index (χ3n) is 3.01. The molecule has 1 aromatic carbocycles. The molecule has 4 heteroatoms. The van der Waals surface area contributed by atoms with Crippen LogP contribution in [0.3, 0.4) is 0 Å². The Bertz CT molecular complexity index is 630. The van der Waals surface area contributed by atoms with Crippen molar-refractivity contribution in [2.75, 3.05) is 0 Å². The monoisotopic (exact) mass is 242 g/mol. The lowest BCUT2D eigenvalue weighted by Crippen LogP contribution is -2.10. The maximum Gasteiger partial charge on any atom is 0.254 e. The molecule has 1 aromatic heterocycles. The maximum absolute atomic E-state index is 11.5. The lowest BCUT2D eigenvalue weighted by molar-refractivity contribution is 0.454. The fraction of sp³-hybridized carbons (Fsp3) is 0.286. The van der Waals surface area contributed by atoms with Crippen LogP contribution in [0.15, 0.2) is 35.1 Å². The number of aromatic nitrogens is 2. The second-order valence-electron chi connectivity index (χ2n) is 4.61. The zero-order chi connectivity index (χ0) is 12.5. The number of para-hydroxylation sites is 1. The van der Waals surface area contributed by atoms with Gasteiger partial charge in [0, 0.05) is 5.92 Å². The van der Waals surface area contributed by atoms with Crippen molar-refractivity contribution in [3.63, 3.8) is 0 Å². The number of aryl methyl sites for hydroxylation is 1. The molecule has 0 bridgehead atoms. The Morgan fingerprint density at radius 3 is 2.83 bits per heavy atom. The van der Waals surface area contributed by atoms with Gasteiger partial charge in [-0.2, -0.15) is 4.98 Å². The number of aromatic amines is 1. The highest BCUT2D eigenvalue weighted by Gasteiger charge is 2.26. The minimum absolute atomic E-state index is 0.157. The summed E-state index contributed by atoms with van der Waals surface area (Å²) in [5.74, 6) is 2.25. The van der Waals surface area contributed by atoms with Crippen molar-refractivity contribution < 1.29 is 4.74 Å². The molecule has 92 valence electrons. The third kappa shape index (κ3) is 2.27. The van der Waals surface area contributed by atoms with Crippen LogP contribution in [0.5, 0.6) is 11.6 Å². The Labute approximate surface area is 105 Å². The van der Waals surface area contributed by atoms with Crippen molar-refractivity contribution >= 4 is 0 Å². The predicted octanol–water partition coefficient (Wildman–Crippen LogP) is 2.75. The Balaban J connectivity index is 1.93. The number of rotatable bonds is 3. The summed E-state index contributed by atoms with van der Waals surface area (Å²) in [7, 11) is 0. The molecule has 1 N–H and O–H groups in total. The minimum atomic E-state index is -0.157. The first-order chi connectivity index (χ1) is 8.72. The van der Waals surface area contributed by atoms with Crippen LogP contribution < -0.4 is 10.3 Å². The lowest BCUT2D eigenvalue weighted by Gasteiger charge is -2.08. The molecule has 3 rings (SSSR count). The van der Waals surface area contributed by atoms with Crippen LogP contribution in [0.25, 0.3) is 0 Å². The highest BCUT2D eigenvalue weighted by atomic mass is 16.5. The van der Waals surface area contributed by atoms with E-state index in [9.17, 15) is 4.79 Å². The Morgan fingerprint density at radius 1 is 1.33 bits per heavy atom. The van der Waals surface area contributed by atoms with E-state index in [0.29, 0.717) is 11.8 Å². The number of hydrogen-bond acceptors (Lipinski definition) is 3. The van der Waals surface area contributed by atoms with Crippen molar-refractivity contribution in [1.29, 1.82) is 0 Å². The summed E-state index contributed by atoms with van der Waals surface area (Å²) in [5.41, 5.74) is 0.864. The summed E-state index contributed by atoms with van der Waals surface area (Å²) >= 11 is 0. The molecule has 1 saturated carbocycles. The second-order valence-corrected chi connectivity index (χ2v) is 4.61. The minimum Gasteiger partial charge on any atom is -0.438 e. The number of H-pyrrole nitrogens is 1. The smallest absolute Gasteiger partial charge is 0.254 e. The zero-order valence-electron chi connectivity index (χ0n) is 10.1. The summed E-state index contributed by atoms with van der Waals surface area (Å²) in [4.78, 5) is 18.7.